The second kappa shape index (κ2) is 11.5. The van der Waals surface area contributed by atoms with E-state index in [0.29, 0.717) is 33.9 Å². The van der Waals surface area contributed by atoms with Crippen LogP contribution in [0.5, 0.6) is 11.5 Å². The molecule has 0 atom stereocenters. The van der Waals surface area contributed by atoms with Gasteiger partial charge < -0.3 is 14.6 Å². The number of carbonyl (C=O) groups excluding carboxylic acids is 1. The quantitative estimate of drug-likeness (QED) is 0.172. The number of methoxy groups -OCH3 is 1. The van der Waals surface area contributed by atoms with Gasteiger partial charge in [0, 0.05) is 7.05 Å². The fourth-order valence-corrected chi connectivity index (χ4v) is 5.89. The van der Waals surface area contributed by atoms with Crippen LogP contribution in [-0.2, 0) is 11.4 Å². The van der Waals surface area contributed by atoms with E-state index >= 15 is 0 Å². The van der Waals surface area contributed by atoms with E-state index in [4.69, 9.17) is 14.6 Å². The minimum Gasteiger partial charge on any atom is -0.493 e. The van der Waals surface area contributed by atoms with Crippen molar-refractivity contribution < 1.29 is 24.2 Å². The fourth-order valence-electron chi connectivity index (χ4n) is 4.12. The van der Waals surface area contributed by atoms with Crippen LogP contribution in [0.3, 0.4) is 0 Å². The van der Waals surface area contributed by atoms with Gasteiger partial charge in [0.15, 0.2) is 16.7 Å². The molecule has 0 radical (unpaired) electrons. The van der Waals surface area contributed by atoms with E-state index in [2.05, 4.69) is 51.8 Å². The number of aromatic carboxylic acids is 1. The van der Waals surface area contributed by atoms with Crippen LogP contribution in [0.1, 0.15) is 21.5 Å². The van der Waals surface area contributed by atoms with E-state index in [-0.39, 0.29) is 11.5 Å². The van der Waals surface area contributed by atoms with Crippen molar-refractivity contribution in [2.24, 2.45) is 4.99 Å². The van der Waals surface area contributed by atoms with Crippen molar-refractivity contribution in [3.63, 3.8) is 0 Å². The predicted molar refractivity (Wildman–Crippen MR) is 163 cm³/mol. The van der Waals surface area contributed by atoms with Crippen LogP contribution in [0.25, 0.3) is 16.8 Å². The summed E-state index contributed by atoms with van der Waals surface area (Å²) < 4.78 is 12.7. The van der Waals surface area contributed by atoms with Crippen LogP contribution in [0.15, 0.2) is 88.8 Å². The van der Waals surface area contributed by atoms with Gasteiger partial charge in [0.25, 0.3) is 5.91 Å². The number of carboxylic acids is 1. The van der Waals surface area contributed by atoms with Crippen LogP contribution in [0.4, 0.5) is 5.69 Å². The lowest BCUT2D eigenvalue weighted by atomic mass is 10.1. The van der Waals surface area contributed by atoms with E-state index in [1.54, 1.807) is 32.4 Å². The number of aliphatic imine (C=N–C) groups is 1. The molecule has 1 saturated heterocycles. The van der Waals surface area contributed by atoms with Gasteiger partial charge in [0.05, 0.1) is 26.8 Å². The van der Waals surface area contributed by atoms with Crippen LogP contribution in [0.2, 0.25) is 0 Å². The SMILES string of the molecule is COc1cc(C=C2SC(=Nc3ccc(C(=O)O)cc3)N(C)C2=O)cc(I)c1OCc1cccc2ccccc12. The lowest BCUT2D eigenvalue weighted by molar-refractivity contribution is -0.121. The number of hydrogen-bond donors (Lipinski definition) is 1. The third kappa shape index (κ3) is 5.79. The van der Waals surface area contributed by atoms with Gasteiger partial charge in [-0.25, -0.2) is 9.79 Å². The molecule has 9 heteroatoms. The molecular weight excluding hydrogens is 627 g/mol. The number of carbonyl (C=O) groups is 2. The van der Waals surface area contributed by atoms with E-state index < -0.39 is 5.97 Å². The molecule has 39 heavy (non-hydrogen) atoms. The van der Waals surface area contributed by atoms with E-state index in [1.807, 2.05) is 30.3 Å². The number of halogens is 1. The van der Waals surface area contributed by atoms with E-state index in [0.717, 1.165) is 25.5 Å². The molecule has 1 amide bonds. The van der Waals surface area contributed by atoms with Crippen LogP contribution in [-0.4, -0.2) is 41.2 Å². The summed E-state index contributed by atoms with van der Waals surface area (Å²) in [6.45, 7) is 0.389. The third-order valence-electron chi connectivity index (χ3n) is 6.14. The summed E-state index contributed by atoms with van der Waals surface area (Å²) in [4.78, 5) is 30.6. The maximum atomic E-state index is 12.9. The number of rotatable bonds is 7. The van der Waals surface area contributed by atoms with Crippen molar-refractivity contribution >= 4 is 73.9 Å². The number of carboxylic acid groups (broad SMARTS) is 1. The number of benzene rings is 4. The molecule has 1 N–H and O–H groups in total. The van der Waals surface area contributed by atoms with Crippen LogP contribution < -0.4 is 9.47 Å². The highest BCUT2D eigenvalue weighted by molar-refractivity contribution is 14.1. The molecule has 1 fully saturated rings. The Morgan fingerprint density at radius 3 is 2.56 bits per heavy atom. The average molecular weight is 650 g/mol. The van der Waals surface area contributed by atoms with Gasteiger partial charge in [-0.1, -0.05) is 42.5 Å². The van der Waals surface area contributed by atoms with Crippen LogP contribution in [0, 0.1) is 3.57 Å². The van der Waals surface area contributed by atoms with Crippen molar-refractivity contribution in [2.75, 3.05) is 14.2 Å². The first-order chi connectivity index (χ1) is 18.8. The number of amides is 1. The zero-order valence-corrected chi connectivity index (χ0v) is 24.0. The molecule has 0 aromatic heterocycles. The Balaban J connectivity index is 1.37. The van der Waals surface area contributed by atoms with Crippen molar-refractivity contribution in [3.05, 3.63) is 104 Å². The predicted octanol–water partition coefficient (Wildman–Crippen LogP) is 6.96. The second-order valence-electron chi connectivity index (χ2n) is 8.68. The molecule has 5 rings (SSSR count). The third-order valence-corrected chi connectivity index (χ3v) is 8.01. The molecule has 7 nitrogen and oxygen atoms in total. The number of thioether (sulfide) groups is 1. The smallest absolute Gasteiger partial charge is 0.335 e. The molecule has 1 aliphatic rings. The van der Waals surface area contributed by atoms with Gasteiger partial charge in [-0.2, -0.15) is 0 Å². The summed E-state index contributed by atoms with van der Waals surface area (Å²) in [5, 5.41) is 11.9. The Bertz CT molecular complexity index is 1640. The Hall–Kier alpha value is -3.83. The molecule has 1 aliphatic heterocycles. The molecule has 1 heterocycles. The lowest BCUT2D eigenvalue weighted by Gasteiger charge is -2.15. The highest BCUT2D eigenvalue weighted by atomic mass is 127. The Kier molecular flexibility index (Phi) is 7.89. The van der Waals surface area contributed by atoms with E-state index in [9.17, 15) is 9.59 Å². The highest BCUT2D eigenvalue weighted by Crippen LogP contribution is 2.38. The number of fused-ring (bicyclic) bond motifs is 1. The standard InChI is InChI=1S/C30H23IN2O5S/c1-33-28(34)26(39-30(33)32-22-12-10-20(11-13-22)29(35)36)16-18-14-24(31)27(25(15-18)37-2)38-17-21-8-5-7-19-6-3-4-9-23(19)21/h3-16H,17H2,1-2H3,(H,35,36). The molecule has 0 unspecified atom stereocenters. The molecule has 4 aromatic carbocycles. The summed E-state index contributed by atoms with van der Waals surface area (Å²) >= 11 is 3.47. The maximum absolute atomic E-state index is 12.9. The van der Waals surface area contributed by atoms with Gasteiger partial charge >= 0.3 is 5.97 Å². The summed E-state index contributed by atoms with van der Waals surface area (Å²) in [5.41, 5.74) is 2.62. The summed E-state index contributed by atoms with van der Waals surface area (Å²) in [6, 6.07) is 24.3. The van der Waals surface area contributed by atoms with Gasteiger partial charge in [0.1, 0.15) is 6.61 Å². The largest absolute Gasteiger partial charge is 0.493 e. The topological polar surface area (TPSA) is 88.4 Å². The zero-order valence-electron chi connectivity index (χ0n) is 21.1. The number of nitrogens with zero attached hydrogens (tertiary/aromatic N) is 2. The summed E-state index contributed by atoms with van der Waals surface area (Å²) in [5.74, 6) is 0.0381. The van der Waals surface area contributed by atoms with E-state index in [1.165, 1.54) is 28.8 Å². The lowest BCUT2D eigenvalue weighted by Crippen LogP contribution is -2.23. The molecule has 196 valence electrons. The Morgan fingerprint density at radius 1 is 1.08 bits per heavy atom. The highest BCUT2D eigenvalue weighted by Gasteiger charge is 2.30. The van der Waals surface area contributed by atoms with Gasteiger partial charge in [-0.3, -0.25) is 9.69 Å². The Morgan fingerprint density at radius 2 is 1.82 bits per heavy atom. The first-order valence-corrected chi connectivity index (χ1v) is 13.8. The maximum Gasteiger partial charge on any atom is 0.335 e. The minimum atomic E-state index is -1.00. The van der Waals surface area contributed by atoms with Gasteiger partial charge in [0.2, 0.25) is 0 Å². The van der Waals surface area contributed by atoms with Gasteiger partial charge in [-0.15, -0.1) is 0 Å². The zero-order chi connectivity index (χ0) is 27.5. The van der Waals surface area contributed by atoms with Gasteiger partial charge in [-0.05, 0) is 98.7 Å². The van der Waals surface area contributed by atoms with Crippen molar-refractivity contribution in [2.45, 2.75) is 6.61 Å². The number of amidine groups is 1. The monoisotopic (exact) mass is 650 g/mol. The van der Waals surface area contributed by atoms with Crippen molar-refractivity contribution in [1.82, 2.24) is 4.90 Å². The summed E-state index contributed by atoms with van der Waals surface area (Å²) in [6.07, 6.45) is 1.80. The van der Waals surface area contributed by atoms with Crippen molar-refractivity contribution in [3.8, 4) is 11.5 Å². The Labute approximate surface area is 243 Å². The first kappa shape index (κ1) is 26.8. The fraction of sp³-hybridized carbons (Fsp3) is 0.100. The number of likely N-dealkylation sites (N-methyl/N-ethyl adjacent to an activating group) is 1. The molecule has 0 spiro atoms. The normalized spacial score (nSPS) is 15.4. The number of hydrogen-bond acceptors (Lipinski definition) is 6. The molecule has 0 saturated carbocycles. The minimum absolute atomic E-state index is 0.175. The molecule has 4 aromatic rings. The molecule has 0 bridgehead atoms. The van der Waals surface area contributed by atoms with Crippen LogP contribution >= 0.6 is 34.4 Å². The second-order valence-corrected chi connectivity index (χ2v) is 10.9. The average Bonchev–Trinajstić information content (AvgIpc) is 3.19. The molecule has 0 aliphatic carbocycles. The van der Waals surface area contributed by atoms with Crippen molar-refractivity contribution in [1.29, 1.82) is 0 Å². The number of ether oxygens (including phenoxy) is 2. The first-order valence-electron chi connectivity index (χ1n) is 11.9. The summed E-state index contributed by atoms with van der Waals surface area (Å²) in [7, 11) is 3.26. The molecular formula is C30H23IN2O5S.